The number of pyridine rings is 1. The summed E-state index contributed by atoms with van der Waals surface area (Å²) in [6.45, 7) is 2.49. The first kappa shape index (κ1) is 20.8. The first-order valence-corrected chi connectivity index (χ1v) is 10.4. The second-order valence-corrected chi connectivity index (χ2v) is 7.66. The van der Waals surface area contributed by atoms with Gasteiger partial charge in [-0.05, 0) is 49.1 Å². The van der Waals surface area contributed by atoms with E-state index in [4.69, 9.17) is 11.6 Å². The molecule has 3 heterocycles. The molecule has 10 heteroatoms. The molecule has 1 saturated heterocycles. The minimum Gasteiger partial charge on any atom is -0.378 e. The fourth-order valence-corrected chi connectivity index (χ4v) is 3.71. The van der Waals surface area contributed by atoms with Crippen LogP contribution in [0.4, 0.5) is 17.2 Å². The molecule has 4 rings (SSSR count). The fourth-order valence-electron chi connectivity index (χ4n) is 3.52. The Labute approximate surface area is 183 Å². The first-order valence-electron chi connectivity index (χ1n) is 9.99. The lowest BCUT2D eigenvalue weighted by molar-refractivity contribution is -0.384. The van der Waals surface area contributed by atoms with Crippen LogP contribution in [-0.4, -0.2) is 32.8 Å². The van der Waals surface area contributed by atoms with Gasteiger partial charge in [-0.2, -0.15) is 9.78 Å². The van der Waals surface area contributed by atoms with Crippen LogP contribution in [0.3, 0.4) is 0 Å². The molecule has 0 atom stereocenters. The number of aromatic nitrogens is 3. The number of halogens is 1. The molecule has 0 spiro atoms. The third-order valence-corrected chi connectivity index (χ3v) is 5.56. The quantitative estimate of drug-likeness (QED) is 0.459. The lowest BCUT2D eigenvalue weighted by Gasteiger charge is -2.28. The number of hydrogen-bond acceptors (Lipinski definition) is 7. The molecule has 0 unspecified atom stereocenters. The molecule has 2 aromatic heterocycles. The van der Waals surface area contributed by atoms with Crippen LogP contribution in [0.15, 0.2) is 53.6 Å². The summed E-state index contributed by atoms with van der Waals surface area (Å²) in [5, 5.41) is 18.1. The number of benzene rings is 1. The lowest BCUT2D eigenvalue weighted by atomic mass is 10.1. The topological polar surface area (TPSA) is 106 Å². The molecule has 1 aliphatic heterocycles. The summed E-state index contributed by atoms with van der Waals surface area (Å²) in [7, 11) is 0. The second-order valence-electron chi connectivity index (χ2n) is 7.29. The highest BCUT2D eigenvalue weighted by atomic mass is 35.5. The van der Waals surface area contributed by atoms with E-state index < -0.39 is 10.5 Å². The third-order valence-electron chi connectivity index (χ3n) is 5.20. The molecule has 1 aliphatic rings. The van der Waals surface area contributed by atoms with E-state index in [1.165, 1.54) is 49.7 Å². The van der Waals surface area contributed by atoms with E-state index in [1.807, 2.05) is 12.1 Å². The van der Waals surface area contributed by atoms with Crippen molar-refractivity contribution in [2.45, 2.75) is 25.8 Å². The van der Waals surface area contributed by atoms with Crippen molar-refractivity contribution in [3.63, 3.8) is 0 Å². The number of nitro benzene ring substituents is 1. The highest BCUT2D eigenvalue weighted by Gasteiger charge is 2.14. The van der Waals surface area contributed by atoms with E-state index in [0.29, 0.717) is 17.9 Å². The van der Waals surface area contributed by atoms with Crippen LogP contribution in [0.1, 0.15) is 24.8 Å². The number of rotatable bonds is 6. The number of nitrogens with zero attached hydrogens (tertiary/aromatic N) is 5. The Morgan fingerprint density at radius 1 is 1.13 bits per heavy atom. The molecule has 0 bridgehead atoms. The summed E-state index contributed by atoms with van der Waals surface area (Å²) in [5.74, 6) is 0.955. The Morgan fingerprint density at radius 3 is 2.58 bits per heavy atom. The number of nitro groups is 1. The fraction of sp³-hybridized carbons (Fsp3) is 0.286. The molecule has 31 heavy (non-hydrogen) atoms. The number of non-ortho nitro benzene ring substituents is 1. The maximum Gasteiger partial charge on any atom is 0.292 e. The van der Waals surface area contributed by atoms with E-state index >= 15 is 0 Å². The average molecular weight is 441 g/mol. The van der Waals surface area contributed by atoms with Crippen LogP contribution in [0, 0.1) is 10.1 Å². The Hall–Kier alpha value is -3.46. The molecule has 160 valence electrons. The Kier molecular flexibility index (Phi) is 6.13. The predicted octanol–water partition coefficient (Wildman–Crippen LogP) is 3.79. The van der Waals surface area contributed by atoms with Crippen molar-refractivity contribution >= 4 is 28.8 Å². The lowest BCUT2D eigenvalue weighted by Crippen LogP contribution is -2.30. The summed E-state index contributed by atoms with van der Waals surface area (Å²) in [5.41, 5.74) is 1.25. The number of nitrogens with one attached hydrogen (secondary N) is 1. The van der Waals surface area contributed by atoms with Crippen molar-refractivity contribution in [2.75, 3.05) is 23.3 Å². The van der Waals surface area contributed by atoms with Gasteiger partial charge in [-0.1, -0.05) is 11.6 Å². The molecule has 0 amide bonds. The van der Waals surface area contributed by atoms with Gasteiger partial charge in [-0.25, -0.2) is 4.98 Å². The maximum atomic E-state index is 12.7. The molecule has 9 nitrogen and oxygen atoms in total. The predicted molar refractivity (Wildman–Crippen MR) is 119 cm³/mol. The smallest absolute Gasteiger partial charge is 0.292 e. The van der Waals surface area contributed by atoms with E-state index in [1.54, 1.807) is 6.20 Å². The molecule has 3 aromatic rings. The summed E-state index contributed by atoms with van der Waals surface area (Å²) < 4.78 is 1.11. The van der Waals surface area contributed by atoms with Gasteiger partial charge >= 0.3 is 0 Å². The number of hydrogen-bond donors (Lipinski definition) is 1. The zero-order valence-electron chi connectivity index (χ0n) is 16.7. The van der Waals surface area contributed by atoms with E-state index in [9.17, 15) is 14.9 Å². The van der Waals surface area contributed by atoms with Gasteiger partial charge in [0.1, 0.15) is 10.8 Å². The molecule has 1 N–H and O–H groups in total. The highest BCUT2D eigenvalue weighted by molar-refractivity contribution is 6.32. The van der Waals surface area contributed by atoms with Gasteiger partial charge < -0.3 is 10.2 Å². The number of piperidine rings is 1. The van der Waals surface area contributed by atoms with Gasteiger partial charge in [0.05, 0.1) is 22.5 Å². The van der Waals surface area contributed by atoms with Gasteiger partial charge in [0, 0.05) is 38.0 Å². The molecule has 1 fully saturated rings. The Bertz CT molecular complexity index is 1140. The van der Waals surface area contributed by atoms with E-state index in [-0.39, 0.29) is 10.7 Å². The van der Waals surface area contributed by atoms with Crippen LogP contribution >= 0.6 is 11.6 Å². The van der Waals surface area contributed by atoms with Gasteiger partial charge in [0.15, 0.2) is 0 Å². The Balaban J connectivity index is 1.49. The molecule has 0 radical (unpaired) electrons. The monoisotopic (exact) mass is 440 g/mol. The van der Waals surface area contributed by atoms with Crippen molar-refractivity contribution < 1.29 is 4.92 Å². The summed E-state index contributed by atoms with van der Waals surface area (Å²) in [4.78, 5) is 29.7. The minimum absolute atomic E-state index is 0.00124. The van der Waals surface area contributed by atoms with Gasteiger partial charge in [-0.15, -0.1) is 0 Å². The zero-order valence-corrected chi connectivity index (χ0v) is 17.5. The second kappa shape index (κ2) is 9.13. The summed E-state index contributed by atoms with van der Waals surface area (Å²) in [6, 6.07) is 9.49. The van der Waals surface area contributed by atoms with Crippen LogP contribution < -0.4 is 15.8 Å². The summed E-state index contributed by atoms with van der Waals surface area (Å²) >= 11 is 6.28. The molecule has 0 aliphatic carbocycles. The van der Waals surface area contributed by atoms with Gasteiger partial charge in [-0.3, -0.25) is 14.9 Å². The van der Waals surface area contributed by atoms with Crippen molar-refractivity contribution in [1.29, 1.82) is 0 Å². The highest BCUT2D eigenvalue weighted by Crippen LogP contribution is 2.21. The van der Waals surface area contributed by atoms with Crippen molar-refractivity contribution in [1.82, 2.24) is 14.8 Å². The standard InChI is InChI=1S/C21H21ClN6O3/c22-20-18(14-25-27(21(20)29)16-4-6-17(7-5-16)28(30)31)24-13-15-8-9-23-19(12-15)26-10-2-1-3-11-26/h4-9,12,14,24H,1-3,10-11,13H2. The van der Waals surface area contributed by atoms with E-state index in [2.05, 4.69) is 20.3 Å². The largest absolute Gasteiger partial charge is 0.378 e. The van der Waals surface area contributed by atoms with E-state index in [0.717, 1.165) is 29.2 Å². The normalized spacial score (nSPS) is 13.8. The summed E-state index contributed by atoms with van der Waals surface area (Å²) in [6.07, 6.45) is 6.87. The van der Waals surface area contributed by atoms with Crippen LogP contribution in [0.2, 0.25) is 5.02 Å². The van der Waals surface area contributed by atoms with Crippen LogP contribution in [0.25, 0.3) is 5.69 Å². The zero-order chi connectivity index (χ0) is 21.8. The number of anilines is 2. The minimum atomic E-state index is -0.510. The first-order chi connectivity index (χ1) is 15.0. The molecule has 0 saturated carbocycles. The third kappa shape index (κ3) is 4.66. The van der Waals surface area contributed by atoms with Crippen molar-refractivity contribution in [2.24, 2.45) is 0 Å². The van der Waals surface area contributed by atoms with Gasteiger partial charge in [0.25, 0.3) is 11.2 Å². The molecular weight excluding hydrogens is 420 g/mol. The SMILES string of the molecule is O=c1c(Cl)c(NCc2ccnc(N3CCCCC3)c2)cnn1-c1ccc([N+](=O)[O-])cc1. The van der Waals surface area contributed by atoms with Gasteiger partial charge in [0.2, 0.25) is 0 Å². The van der Waals surface area contributed by atoms with Crippen molar-refractivity contribution in [3.8, 4) is 5.69 Å². The average Bonchev–Trinajstić information content (AvgIpc) is 2.81. The van der Waals surface area contributed by atoms with Crippen LogP contribution in [0.5, 0.6) is 0 Å². The van der Waals surface area contributed by atoms with Crippen LogP contribution in [-0.2, 0) is 6.54 Å². The Morgan fingerprint density at radius 2 is 1.87 bits per heavy atom. The molecular formula is C21H21ClN6O3. The van der Waals surface area contributed by atoms with Crippen molar-refractivity contribution in [3.05, 3.63) is 79.8 Å². The molecule has 1 aromatic carbocycles. The maximum absolute atomic E-state index is 12.7.